The number of aryl methyl sites for hydroxylation is 1. The van der Waals surface area contributed by atoms with Crippen LogP contribution < -0.4 is 5.32 Å². The van der Waals surface area contributed by atoms with Gasteiger partial charge in [0, 0.05) is 17.4 Å². The van der Waals surface area contributed by atoms with Gasteiger partial charge in [0.25, 0.3) is 5.91 Å². The maximum atomic E-state index is 12.9. The molecule has 1 aromatic carbocycles. The van der Waals surface area contributed by atoms with Crippen molar-refractivity contribution < 1.29 is 23.1 Å². The molecule has 9 heteroatoms. The summed E-state index contributed by atoms with van der Waals surface area (Å²) in [6, 6.07) is 4.36. The zero-order valence-electron chi connectivity index (χ0n) is 14.8. The number of anilines is 1. The quantitative estimate of drug-likeness (QED) is 0.666. The summed E-state index contributed by atoms with van der Waals surface area (Å²) in [5, 5.41) is 16.6. The fourth-order valence-corrected chi connectivity index (χ4v) is 2.75. The van der Waals surface area contributed by atoms with E-state index in [2.05, 4.69) is 15.4 Å². The van der Waals surface area contributed by atoms with E-state index in [1.807, 2.05) is 13.8 Å². The van der Waals surface area contributed by atoms with Crippen LogP contribution in [0.15, 0.2) is 30.5 Å². The van der Waals surface area contributed by atoms with Gasteiger partial charge in [-0.25, -0.2) is 9.67 Å². The number of rotatable bonds is 3. The van der Waals surface area contributed by atoms with E-state index in [4.69, 9.17) is 0 Å². The van der Waals surface area contributed by atoms with Crippen LogP contribution in [0.25, 0.3) is 11.0 Å². The van der Waals surface area contributed by atoms with Gasteiger partial charge >= 0.3 is 6.18 Å². The van der Waals surface area contributed by atoms with Crippen molar-refractivity contribution in [2.75, 3.05) is 5.32 Å². The average Bonchev–Trinajstić information content (AvgIpc) is 2.98. The molecular weight excluding hydrogens is 361 g/mol. The summed E-state index contributed by atoms with van der Waals surface area (Å²) in [6.45, 7) is 5.56. The van der Waals surface area contributed by atoms with Gasteiger partial charge in [0.1, 0.15) is 5.75 Å². The molecule has 142 valence electrons. The molecule has 0 aliphatic carbocycles. The van der Waals surface area contributed by atoms with Gasteiger partial charge < -0.3 is 10.4 Å². The zero-order valence-corrected chi connectivity index (χ0v) is 14.8. The highest BCUT2D eigenvalue weighted by molar-refractivity contribution is 6.12. The third kappa shape index (κ3) is 3.57. The molecule has 2 heterocycles. The fraction of sp³-hybridized carbons (Fsp3) is 0.278. The van der Waals surface area contributed by atoms with Gasteiger partial charge in [-0.05, 0) is 45.0 Å². The summed E-state index contributed by atoms with van der Waals surface area (Å²) in [5.41, 5.74) is 0.0626. The second-order valence-corrected chi connectivity index (χ2v) is 6.42. The number of alkyl halides is 3. The third-order valence-electron chi connectivity index (χ3n) is 3.99. The molecule has 0 radical (unpaired) electrons. The van der Waals surface area contributed by atoms with Crippen molar-refractivity contribution in [2.45, 2.75) is 33.0 Å². The highest BCUT2D eigenvalue weighted by atomic mass is 19.4. The Bertz CT molecular complexity index is 1030. The number of aromatic nitrogens is 3. The van der Waals surface area contributed by atoms with Crippen LogP contribution in [0.3, 0.4) is 0 Å². The van der Waals surface area contributed by atoms with Gasteiger partial charge in [0.2, 0.25) is 0 Å². The first-order chi connectivity index (χ1) is 12.6. The molecule has 0 spiro atoms. The number of halogens is 3. The van der Waals surface area contributed by atoms with E-state index in [0.29, 0.717) is 22.8 Å². The number of nitrogens with one attached hydrogen (secondary N) is 1. The van der Waals surface area contributed by atoms with Crippen molar-refractivity contribution in [3.63, 3.8) is 0 Å². The minimum atomic E-state index is -4.73. The van der Waals surface area contributed by atoms with Gasteiger partial charge in [0.15, 0.2) is 5.65 Å². The van der Waals surface area contributed by atoms with E-state index in [-0.39, 0.29) is 17.3 Å². The summed E-state index contributed by atoms with van der Waals surface area (Å²) in [5.74, 6) is -1.49. The molecule has 0 fully saturated rings. The number of benzene rings is 1. The SMILES string of the molecule is Cc1cc(C(=O)Nc2ccc(O)c(C(F)(F)F)c2)c2cnn(C(C)C)c2n1. The number of fused-ring (bicyclic) bond motifs is 1. The molecule has 2 N–H and O–H groups in total. The molecule has 0 saturated heterocycles. The van der Waals surface area contributed by atoms with Crippen LogP contribution in [0.4, 0.5) is 18.9 Å². The van der Waals surface area contributed by atoms with Crippen LogP contribution in [-0.2, 0) is 6.18 Å². The normalized spacial score (nSPS) is 12.0. The number of hydrogen-bond acceptors (Lipinski definition) is 4. The van der Waals surface area contributed by atoms with Gasteiger partial charge in [-0.2, -0.15) is 18.3 Å². The lowest BCUT2D eigenvalue weighted by atomic mass is 10.1. The number of pyridine rings is 1. The molecule has 3 aromatic rings. The van der Waals surface area contributed by atoms with Crippen molar-refractivity contribution in [1.29, 1.82) is 0 Å². The average molecular weight is 378 g/mol. The summed E-state index contributed by atoms with van der Waals surface area (Å²) >= 11 is 0. The Hall–Kier alpha value is -3.10. The highest BCUT2D eigenvalue weighted by Crippen LogP contribution is 2.37. The van der Waals surface area contributed by atoms with Gasteiger partial charge in [-0.15, -0.1) is 0 Å². The standard InChI is InChI=1S/C18H17F3N4O2/c1-9(2)25-16-13(8-22-25)12(6-10(3)23-16)17(27)24-11-4-5-15(26)14(7-11)18(19,20)21/h4-9,26H,1-3H3,(H,24,27). The number of hydrogen-bond donors (Lipinski definition) is 2. The third-order valence-corrected chi connectivity index (χ3v) is 3.99. The molecule has 0 aliphatic rings. The topological polar surface area (TPSA) is 80.0 Å². The Morgan fingerprint density at radius 2 is 1.96 bits per heavy atom. The lowest BCUT2D eigenvalue weighted by molar-refractivity contribution is -0.138. The lowest BCUT2D eigenvalue weighted by Gasteiger charge is -2.12. The molecular formula is C18H17F3N4O2. The van der Waals surface area contributed by atoms with Crippen LogP contribution in [-0.4, -0.2) is 25.8 Å². The van der Waals surface area contributed by atoms with Crippen LogP contribution in [0.1, 0.15) is 41.5 Å². The van der Waals surface area contributed by atoms with E-state index in [1.165, 1.54) is 12.3 Å². The predicted molar refractivity (Wildman–Crippen MR) is 93.7 cm³/mol. The minimum Gasteiger partial charge on any atom is -0.507 e. The first-order valence-corrected chi connectivity index (χ1v) is 8.14. The Kier molecular flexibility index (Phi) is 4.54. The molecule has 27 heavy (non-hydrogen) atoms. The lowest BCUT2D eigenvalue weighted by Crippen LogP contribution is -2.14. The molecule has 0 unspecified atom stereocenters. The maximum absolute atomic E-state index is 12.9. The second-order valence-electron chi connectivity index (χ2n) is 6.42. The Morgan fingerprint density at radius 1 is 1.26 bits per heavy atom. The number of carbonyl (C=O) groups is 1. The number of phenols is 1. The van der Waals surface area contributed by atoms with Crippen molar-refractivity contribution >= 4 is 22.6 Å². The first kappa shape index (κ1) is 18.7. The van der Waals surface area contributed by atoms with Crippen LogP contribution in [0.5, 0.6) is 5.75 Å². The van der Waals surface area contributed by atoms with E-state index in [0.717, 1.165) is 6.07 Å². The molecule has 0 bridgehead atoms. The molecule has 0 atom stereocenters. The predicted octanol–water partition coefficient (Wildman–Crippen LogP) is 4.30. The Morgan fingerprint density at radius 3 is 2.59 bits per heavy atom. The number of amides is 1. The van der Waals surface area contributed by atoms with Gasteiger partial charge in [-0.3, -0.25) is 4.79 Å². The maximum Gasteiger partial charge on any atom is 0.420 e. The van der Waals surface area contributed by atoms with Gasteiger partial charge in [-0.1, -0.05) is 0 Å². The summed E-state index contributed by atoms with van der Waals surface area (Å²) in [7, 11) is 0. The molecule has 0 aliphatic heterocycles. The smallest absolute Gasteiger partial charge is 0.420 e. The zero-order chi connectivity index (χ0) is 19.9. The van der Waals surface area contributed by atoms with E-state index < -0.39 is 23.4 Å². The largest absolute Gasteiger partial charge is 0.507 e. The number of aromatic hydroxyl groups is 1. The van der Waals surface area contributed by atoms with Crippen LogP contribution in [0, 0.1) is 6.92 Å². The van der Waals surface area contributed by atoms with Crippen molar-refractivity contribution in [3.05, 3.63) is 47.3 Å². The molecule has 0 saturated carbocycles. The fourth-order valence-electron chi connectivity index (χ4n) is 2.75. The number of carbonyl (C=O) groups excluding carboxylic acids is 1. The van der Waals surface area contributed by atoms with Crippen LogP contribution >= 0.6 is 0 Å². The van der Waals surface area contributed by atoms with E-state index >= 15 is 0 Å². The summed E-state index contributed by atoms with van der Waals surface area (Å²) in [4.78, 5) is 17.1. The Balaban J connectivity index is 2.00. The van der Waals surface area contributed by atoms with Crippen LogP contribution in [0.2, 0.25) is 0 Å². The monoisotopic (exact) mass is 378 g/mol. The van der Waals surface area contributed by atoms with E-state index in [9.17, 15) is 23.1 Å². The molecule has 2 aromatic heterocycles. The summed E-state index contributed by atoms with van der Waals surface area (Å²) in [6.07, 6.45) is -3.22. The number of phenolic OH excluding ortho intramolecular Hbond substituents is 1. The number of nitrogens with zero attached hydrogens (tertiary/aromatic N) is 3. The van der Waals surface area contributed by atoms with Crippen molar-refractivity contribution in [1.82, 2.24) is 14.8 Å². The first-order valence-electron chi connectivity index (χ1n) is 8.14. The minimum absolute atomic E-state index is 0.0270. The molecule has 6 nitrogen and oxygen atoms in total. The van der Waals surface area contributed by atoms with Crippen molar-refractivity contribution in [2.24, 2.45) is 0 Å². The Labute approximate surface area is 152 Å². The molecule has 1 amide bonds. The second kappa shape index (κ2) is 6.57. The van der Waals surface area contributed by atoms with Crippen molar-refractivity contribution in [3.8, 4) is 5.75 Å². The molecule has 3 rings (SSSR count). The highest BCUT2D eigenvalue weighted by Gasteiger charge is 2.34. The van der Waals surface area contributed by atoms with E-state index in [1.54, 1.807) is 17.7 Å². The van der Waals surface area contributed by atoms with Gasteiger partial charge in [0.05, 0.1) is 22.7 Å². The summed E-state index contributed by atoms with van der Waals surface area (Å²) < 4.78 is 40.5.